The van der Waals surface area contributed by atoms with E-state index in [1.54, 1.807) is 17.9 Å². The maximum absolute atomic E-state index is 5.57. The maximum atomic E-state index is 5.57. The summed E-state index contributed by atoms with van der Waals surface area (Å²) in [6, 6.07) is 0. The maximum Gasteiger partial charge on any atom is 0.209 e. The Morgan fingerprint density at radius 1 is 1.50 bits per heavy atom. The Balaban J connectivity index is 1.97. The highest BCUT2D eigenvalue weighted by Gasteiger charge is 2.09. The summed E-state index contributed by atoms with van der Waals surface area (Å²) in [6.45, 7) is 4.15. The van der Waals surface area contributed by atoms with Crippen molar-refractivity contribution in [2.75, 3.05) is 0 Å². The molecule has 2 aromatic rings. The zero-order chi connectivity index (χ0) is 11.5. The van der Waals surface area contributed by atoms with Gasteiger partial charge in [0, 0.05) is 13.0 Å². The Hall–Kier alpha value is -1.37. The lowest BCUT2D eigenvalue weighted by molar-refractivity contribution is 0.453. The molecule has 0 amide bonds. The van der Waals surface area contributed by atoms with Crippen molar-refractivity contribution in [1.82, 2.24) is 25.2 Å². The number of rotatable bonds is 4. The predicted molar refractivity (Wildman–Crippen MR) is 59.0 cm³/mol. The van der Waals surface area contributed by atoms with E-state index in [2.05, 4.69) is 34.4 Å². The number of aryl methyl sites for hydroxylation is 1. The van der Waals surface area contributed by atoms with Gasteiger partial charge in [-0.3, -0.25) is 0 Å². The van der Waals surface area contributed by atoms with Crippen LogP contribution in [0.1, 0.15) is 31.4 Å². The van der Waals surface area contributed by atoms with Crippen LogP contribution in [0.25, 0.3) is 0 Å². The summed E-state index contributed by atoms with van der Waals surface area (Å²) >= 11 is 1.50. The van der Waals surface area contributed by atoms with Crippen LogP contribution in [0.5, 0.6) is 0 Å². The van der Waals surface area contributed by atoms with Crippen LogP contribution < -0.4 is 0 Å². The standard InChI is InChI=1S/C9H13N5OS/c1-6(2)7-4-10-8(15-7)5-16-9-11-12-13-14(9)3/h4,6H,5H2,1-3H3. The molecule has 0 N–H and O–H groups in total. The van der Waals surface area contributed by atoms with Crippen LogP contribution in [-0.4, -0.2) is 25.2 Å². The van der Waals surface area contributed by atoms with Gasteiger partial charge in [0.25, 0.3) is 0 Å². The van der Waals surface area contributed by atoms with E-state index in [1.807, 2.05) is 0 Å². The van der Waals surface area contributed by atoms with Crippen molar-refractivity contribution in [3.8, 4) is 0 Å². The second-order valence-electron chi connectivity index (χ2n) is 3.68. The van der Waals surface area contributed by atoms with Crippen molar-refractivity contribution in [1.29, 1.82) is 0 Å². The molecule has 7 heteroatoms. The lowest BCUT2D eigenvalue weighted by atomic mass is 10.2. The van der Waals surface area contributed by atoms with Gasteiger partial charge >= 0.3 is 0 Å². The molecule has 0 aliphatic heterocycles. The van der Waals surface area contributed by atoms with Crippen molar-refractivity contribution in [2.24, 2.45) is 7.05 Å². The van der Waals surface area contributed by atoms with E-state index in [4.69, 9.17) is 4.42 Å². The normalized spacial score (nSPS) is 11.2. The number of tetrazole rings is 1. The summed E-state index contributed by atoms with van der Waals surface area (Å²) in [7, 11) is 1.80. The third-order valence-electron chi connectivity index (χ3n) is 2.05. The average molecular weight is 239 g/mol. The molecule has 0 spiro atoms. The van der Waals surface area contributed by atoms with Crippen LogP contribution >= 0.6 is 11.8 Å². The van der Waals surface area contributed by atoms with E-state index in [1.165, 1.54) is 11.8 Å². The molecule has 2 heterocycles. The molecule has 16 heavy (non-hydrogen) atoms. The molecule has 0 bridgehead atoms. The first-order valence-electron chi connectivity index (χ1n) is 4.96. The molecule has 0 aliphatic carbocycles. The highest BCUT2D eigenvalue weighted by Crippen LogP contribution is 2.21. The summed E-state index contributed by atoms with van der Waals surface area (Å²) < 4.78 is 7.20. The SMILES string of the molecule is CC(C)c1cnc(CSc2nnnn2C)o1. The predicted octanol–water partition coefficient (Wildman–Crippen LogP) is 1.61. The Labute approximate surface area is 97.4 Å². The van der Waals surface area contributed by atoms with E-state index < -0.39 is 0 Å². The topological polar surface area (TPSA) is 69.6 Å². The van der Waals surface area contributed by atoms with Crippen molar-refractivity contribution in [3.63, 3.8) is 0 Å². The highest BCUT2D eigenvalue weighted by molar-refractivity contribution is 7.98. The van der Waals surface area contributed by atoms with Crippen LogP contribution in [0.15, 0.2) is 15.8 Å². The van der Waals surface area contributed by atoms with Gasteiger partial charge in [-0.1, -0.05) is 25.6 Å². The van der Waals surface area contributed by atoms with E-state index in [-0.39, 0.29) is 0 Å². The van der Waals surface area contributed by atoms with Crippen molar-refractivity contribution >= 4 is 11.8 Å². The van der Waals surface area contributed by atoms with Crippen LogP contribution in [0.3, 0.4) is 0 Å². The summed E-state index contributed by atoms with van der Waals surface area (Å²) in [5.74, 6) is 2.62. The molecule has 2 rings (SSSR count). The number of aromatic nitrogens is 5. The Morgan fingerprint density at radius 3 is 2.88 bits per heavy atom. The third kappa shape index (κ3) is 2.41. The molecule has 0 saturated carbocycles. The molecule has 0 saturated heterocycles. The van der Waals surface area contributed by atoms with Gasteiger partial charge in [0.1, 0.15) is 5.76 Å². The second-order valence-corrected chi connectivity index (χ2v) is 4.63. The van der Waals surface area contributed by atoms with Gasteiger partial charge < -0.3 is 4.42 Å². The first-order valence-corrected chi connectivity index (χ1v) is 5.95. The van der Waals surface area contributed by atoms with Crippen LogP contribution in [0.4, 0.5) is 0 Å². The molecular weight excluding hydrogens is 226 g/mol. The molecule has 0 fully saturated rings. The summed E-state index contributed by atoms with van der Waals surface area (Å²) in [4.78, 5) is 4.20. The quantitative estimate of drug-likeness (QED) is 0.755. The van der Waals surface area contributed by atoms with Crippen LogP contribution in [0, 0.1) is 0 Å². The van der Waals surface area contributed by atoms with Gasteiger partial charge in [-0.05, 0) is 10.4 Å². The van der Waals surface area contributed by atoms with Gasteiger partial charge in [-0.25, -0.2) is 9.67 Å². The van der Waals surface area contributed by atoms with E-state index in [0.717, 1.165) is 10.9 Å². The monoisotopic (exact) mass is 239 g/mol. The van der Waals surface area contributed by atoms with Gasteiger partial charge in [-0.15, -0.1) is 5.10 Å². The van der Waals surface area contributed by atoms with Gasteiger partial charge in [0.2, 0.25) is 11.0 Å². The average Bonchev–Trinajstić information content (AvgIpc) is 2.83. The van der Waals surface area contributed by atoms with Gasteiger partial charge in [0.15, 0.2) is 0 Å². The minimum Gasteiger partial charge on any atom is -0.445 e. The molecule has 6 nitrogen and oxygen atoms in total. The molecule has 86 valence electrons. The molecular formula is C9H13N5OS. The van der Waals surface area contributed by atoms with E-state index >= 15 is 0 Å². The zero-order valence-corrected chi connectivity index (χ0v) is 10.2. The number of oxazole rings is 1. The molecule has 0 atom stereocenters. The van der Waals surface area contributed by atoms with E-state index in [0.29, 0.717) is 17.6 Å². The summed E-state index contributed by atoms with van der Waals surface area (Å²) in [6.07, 6.45) is 1.77. The van der Waals surface area contributed by atoms with E-state index in [9.17, 15) is 0 Å². The fourth-order valence-corrected chi connectivity index (χ4v) is 1.83. The lowest BCUT2D eigenvalue weighted by Gasteiger charge is -1.97. The summed E-state index contributed by atoms with van der Waals surface area (Å²) in [5.41, 5.74) is 0. The largest absolute Gasteiger partial charge is 0.445 e. The Bertz CT molecular complexity index is 464. The van der Waals surface area contributed by atoms with Gasteiger partial charge in [0.05, 0.1) is 11.9 Å². The van der Waals surface area contributed by atoms with Crippen molar-refractivity contribution in [2.45, 2.75) is 30.7 Å². The number of thioether (sulfide) groups is 1. The minimum absolute atomic E-state index is 0.364. The van der Waals surface area contributed by atoms with Gasteiger partial charge in [-0.2, -0.15) is 0 Å². The first kappa shape index (κ1) is 11.1. The molecule has 0 unspecified atom stereocenters. The molecule has 0 radical (unpaired) electrons. The molecule has 0 aromatic carbocycles. The fourth-order valence-electron chi connectivity index (χ4n) is 1.13. The van der Waals surface area contributed by atoms with Crippen LogP contribution in [-0.2, 0) is 12.8 Å². The summed E-state index contributed by atoms with van der Waals surface area (Å²) in [5, 5.41) is 11.9. The minimum atomic E-state index is 0.364. The number of hydrogen-bond donors (Lipinski definition) is 0. The Morgan fingerprint density at radius 2 is 2.31 bits per heavy atom. The Kier molecular flexibility index (Phi) is 3.23. The smallest absolute Gasteiger partial charge is 0.209 e. The van der Waals surface area contributed by atoms with Crippen molar-refractivity contribution in [3.05, 3.63) is 17.8 Å². The number of nitrogens with zero attached hydrogens (tertiary/aromatic N) is 5. The lowest BCUT2D eigenvalue weighted by Crippen LogP contribution is -1.93. The number of hydrogen-bond acceptors (Lipinski definition) is 6. The fraction of sp³-hybridized carbons (Fsp3) is 0.556. The second kappa shape index (κ2) is 4.65. The highest BCUT2D eigenvalue weighted by atomic mass is 32.2. The van der Waals surface area contributed by atoms with Crippen LogP contribution in [0.2, 0.25) is 0 Å². The first-order chi connectivity index (χ1) is 7.66. The molecule has 0 aliphatic rings. The van der Waals surface area contributed by atoms with Crippen molar-refractivity contribution < 1.29 is 4.42 Å². The zero-order valence-electron chi connectivity index (χ0n) is 9.41. The molecule has 2 aromatic heterocycles. The third-order valence-corrected chi connectivity index (χ3v) is 3.04.